The van der Waals surface area contributed by atoms with Crippen LogP contribution in [0.4, 0.5) is 15.0 Å². The summed E-state index contributed by atoms with van der Waals surface area (Å²) in [5, 5.41) is 15.6. The number of methoxy groups -OCH3 is 1. The predicted molar refractivity (Wildman–Crippen MR) is 139 cm³/mol. The minimum Gasteiger partial charge on any atom is -0.480 e. The molecule has 2 amide bonds. The molecule has 1 aliphatic rings. The molecule has 0 bridgehead atoms. The number of ether oxygens (including phenoxy) is 1. The van der Waals surface area contributed by atoms with Gasteiger partial charge in [0.2, 0.25) is 0 Å². The maximum absolute atomic E-state index is 15.0. The van der Waals surface area contributed by atoms with E-state index in [-0.39, 0.29) is 19.6 Å². The summed E-state index contributed by atoms with van der Waals surface area (Å²) in [6, 6.07) is 2.78. The number of carbonyl (C=O) groups is 2. The molecule has 10 heteroatoms. The highest BCUT2D eigenvalue weighted by atomic mass is 19.1. The van der Waals surface area contributed by atoms with Gasteiger partial charge in [0.25, 0.3) is 0 Å². The van der Waals surface area contributed by atoms with E-state index in [0.29, 0.717) is 26.2 Å². The summed E-state index contributed by atoms with van der Waals surface area (Å²) in [7, 11) is 1.46. The number of alkyl halides is 1. The van der Waals surface area contributed by atoms with Crippen molar-refractivity contribution >= 4 is 17.8 Å². The molecular weight excluding hydrogens is 465 g/mol. The summed E-state index contributed by atoms with van der Waals surface area (Å²) in [5.41, 5.74) is 0.732. The van der Waals surface area contributed by atoms with Crippen molar-refractivity contribution in [2.45, 2.75) is 71.0 Å². The zero-order valence-corrected chi connectivity index (χ0v) is 22.3. The lowest BCUT2D eigenvalue weighted by Gasteiger charge is -2.30. The van der Waals surface area contributed by atoms with Gasteiger partial charge in [0.1, 0.15) is 17.5 Å². The first kappa shape index (κ1) is 29.8. The van der Waals surface area contributed by atoms with Crippen LogP contribution in [0.5, 0.6) is 0 Å². The molecule has 0 fully saturated rings. The molecule has 0 radical (unpaired) electrons. The third kappa shape index (κ3) is 9.89. The third-order valence-corrected chi connectivity index (χ3v) is 6.49. The number of anilines is 1. The zero-order chi connectivity index (χ0) is 26.6. The number of amides is 2. The van der Waals surface area contributed by atoms with Gasteiger partial charge in [-0.05, 0) is 77.5 Å². The Bertz CT molecular complexity index is 835. The molecule has 36 heavy (non-hydrogen) atoms. The number of unbranched alkanes of at least 4 members (excludes halogenated alkanes) is 1. The first-order valence-corrected chi connectivity index (χ1v) is 13.1. The number of rotatable bonds is 16. The number of aromatic nitrogens is 1. The van der Waals surface area contributed by atoms with E-state index in [1.165, 1.54) is 24.5 Å². The third-order valence-electron chi connectivity index (χ3n) is 6.49. The number of hydrogen-bond acceptors (Lipinski definition) is 6. The van der Waals surface area contributed by atoms with E-state index in [9.17, 15) is 19.1 Å². The molecule has 1 aliphatic heterocycles. The van der Waals surface area contributed by atoms with Gasteiger partial charge >= 0.3 is 12.0 Å². The number of carboxylic acids is 1. The number of nitrogens with zero attached hydrogens (tertiary/aromatic N) is 3. The summed E-state index contributed by atoms with van der Waals surface area (Å²) >= 11 is 0. The van der Waals surface area contributed by atoms with Gasteiger partial charge in [-0.15, -0.1) is 0 Å². The Morgan fingerprint density at radius 1 is 1.28 bits per heavy atom. The quantitative estimate of drug-likeness (QED) is 0.294. The number of carbonyl (C=O) groups excluding carboxylic acids is 1. The van der Waals surface area contributed by atoms with E-state index in [4.69, 9.17) is 9.72 Å². The largest absolute Gasteiger partial charge is 0.480 e. The van der Waals surface area contributed by atoms with Crippen molar-refractivity contribution in [2.75, 3.05) is 58.3 Å². The first-order chi connectivity index (χ1) is 17.2. The standard InChI is InChI=1S/C26H44FN5O4/c1-5-32(6-2)25(35)30-22(24(33)34)14-17-31(18-26(3,27)19-36-4)16-8-7-11-21-13-12-20-10-9-15-28-23(20)29-21/h12-13,22H,5-11,14-19H2,1-4H3,(H,28,29)(H,30,35)(H,33,34)/t22-,26?/m0/s1. The number of aryl methyl sites for hydroxylation is 2. The molecule has 3 N–H and O–H groups in total. The fraction of sp³-hybridized carbons (Fsp3) is 0.731. The molecule has 0 spiro atoms. The summed E-state index contributed by atoms with van der Waals surface area (Å²) in [5.74, 6) is -0.109. The molecular formula is C26H44FN5O4. The lowest BCUT2D eigenvalue weighted by atomic mass is 10.1. The van der Waals surface area contributed by atoms with Crippen LogP contribution in [0.15, 0.2) is 12.1 Å². The predicted octanol–water partition coefficient (Wildman–Crippen LogP) is 3.33. The van der Waals surface area contributed by atoms with Crippen LogP contribution in [0.3, 0.4) is 0 Å². The number of carboxylic acid groups (broad SMARTS) is 1. The lowest BCUT2D eigenvalue weighted by molar-refractivity contribution is -0.139. The van der Waals surface area contributed by atoms with Crippen molar-refractivity contribution in [1.29, 1.82) is 0 Å². The molecule has 0 aromatic carbocycles. The lowest BCUT2D eigenvalue weighted by Crippen LogP contribution is -2.49. The van der Waals surface area contributed by atoms with Gasteiger partial charge in [0, 0.05) is 45.5 Å². The Morgan fingerprint density at radius 3 is 2.69 bits per heavy atom. The normalized spacial score (nSPS) is 15.5. The summed E-state index contributed by atoms with van der Waals surface area (Å²) in [6.45, 7) is 8.15. The topological polar surface area (TPSA) is 107 Å². The van der Waals surface area contributed by atoms with Gasteiger partial charge in [-0.3, -0.25) is 4.90 Å². The van der Waals surface area contributed by atoms with Crippen LogP contribution in [-0.2, 0) is 22.4 Å². The van der Waals surface area contributed by atoms with E-state index in [1.54, 1.807) is 0 Å². The van der Waals surface area contributed by atoms with E-state index < -0.39 is 23.7 Å². The van der Waals surface area contributed by atoms with Crippen molar-refractivity contribution in [3.8, 4) is 0 Å². The number of halogens is 1. The molecule has 1 unspecified atom stereocenters. The van der Waals surface area contributed by atoms with Crippen LogP contribution in [-0.4, -0.2) is 96.6 Å². The van der Waals surface area contributed by atoms with Crippen LogP contribution in [0, 0.1) is 0 Å². The van der Waals surface area contributed by atoms with Gasteiger partial charge < -0.3 is 25.4 Å². The van der Waals surface area contributed by atoms with Crippen LogP contribution >= 0.6 is 0 Å². The summed E-state index contributed by atoms with van der Waals surface area (Å²) in [4.78, 5) is 32.4. The molecule has 0 saturated carbocycles. The Labute approximate surface area is 214 Å². The molecule has 0 aliphatic carbocycles. The number of hydrogen-bond donors (Lipinski definition) is 3. The minimum atomic E-state index is -1.57. The number of fused-ring (bicyclic) bond motifs is 1. The molecule has 204 valence electrons. The monoisotopic (exact) mass is 509 g/mol. The molecule has 2 rings (SSSR count). The van der Waals surface area contributed by atoms with Crippen LogP contribution in [0.1, 0.15) is 57.7 Å². The van der Waals surface area contributed by atoms with Crippen LogP contribution in [0.25, 0.3) is 0 Å². The fourth-order valence-corrected chi connectivity index (χ4v) is 4.55. The van der Waals surface area contributed by atoms with Crippen molar-refractivity contribution in [1.82, 2.24) is 20.1 Å². The highest BCUT2D eigenvalue weighted by Crippen LogP contribution is 2.20. The summed E-state index contributed by atoms with van der Waals surface area (Å²) < 4.78 is 20.0. The van der Waals surface area contributed by atoms with E-state index >= 15 is 0 Å². The first-order valence-electron chi connectivity index (χ1n) is 13.1. The van der Waals surface area contributed by atoms with Crippen LogP contribution < -0.4 is 10.6 Å². The maximum atomic E-state index is 15.0. The van der Waals surface area contributed by atoms with Gasteiger partial charge in [0.05, 0.1) is 6.61 Å². The maximum Gasteiger partial charge on any atom is 0.326 e. The number of pyridine rings is 1. The molecule has 0 saturated heterocycles. The molecule has 1 aromatic heterocycles. The second-order valence-corrected chi connectivity index (χ2v) is 9.72. The Kier molecular flexibility index (Phi) is 12.4. The van der Waals surface area contributed by atoms with Gasteiger partial charge in [-0.25, -0.2) is 19.0 Å². The van der Waals surface area contributed by atoms with Gasteiger partial charge in [-0.2, -0.15) is 0 Å². The number of urea groups is 1. The fourth-order valence-electron chi connectivity index (χ4n) is 4.55. The van der Waals surface area contributed by atoms with Crippen LogP contribution in [0.2, 0.25) is 0 Å². The number of aliphatic carboxylic acids is 1. The van der Waals surface area contributed by atoms with Crippen molar-refractivity contribution in [3.63, 3.8) is 0 Å². The molecule has 2 heterocycles. The average Bonchev–Trinajstić information content (AvgIpc) is 2.84. The minimum absolute atomic E-state index is 0.0450. The Morgan fingerprint density at radius 2 is 2.03 bits per heavy atom. The molecule has 2 atom stereocenters. The number of nitrogens with one attached hydrogen (secondary N) is 2. The highest BCUT2D eigenvalue weighted by molar-refractivity contribution is 5.82. The average molecular weight is 510 g/mol. The van der Waals surface area contributed by atoms with Crippen molar-refractivity contribution in [3.05, 3.63) is 23.4 Å². The Hall–Kier alpha value is -2.46. The smallest absolute Gasteiger partial charge is 0.326 e. The van der Waals surface area contributed by atoms with Crippen molar-refractivity contribution < 1.29 is 23.8 Å². The van der Waals surface area contributed by atoms with E-state index in [1.807, 2.05) is 18.7 Å². The SMILES string of the molecule is CCN(CC)C(=O)N[C@@H](CCN(CCCCc1ccc2c(n1)NCCC2)CC(C)(F)COC)C(=O)O. The molecule has 9 nitrogen and oxygen atoms in total. The Balaban J connectivity index is 1.93. The second-order valence-electron chi connectivity index (χ2n) is 9.72. The second kappa shape index (κ2) is 14.9. The van der Waals surface area contributed by atoms with E-state index in [0.717, 1.165) is 50.2 Å². The zero-order valence-electron chi connectivity index (χ0n) is 22.3. The van der Waals surface area contributed by atoms with E-state index in [2.05, 4.69) is 22.8 Å². The highest BCUT2D eigenvalue weighted by Gasteiger charge is 2.28. The van der Waals surface area contributed by atoms with Gasteiger partial charge in [-0.1, -0.05) is 6.07 Å². The van der Waals surface area contributed by atoms with Crippen molar-refractivity contribution in [2.24, 2.45) is 0 Å². The molecule has 1 aromatic rings. The van der Waals surface area contributed by atoms with Gasteiger partial charge in [0.15, 0.2) is 0 Å². The summed E-state index contributed by atoms with van der Waals surface area (Å²) in [6.07, 6.45) is 4.90.